The number of carbonyl (C=O) groups is 1. The molecule has 0 saturated carbocycles. The normalized spacial score (nSPS) is 17.0. The van der Waals surface area contributed by atoms with E-state index in [1.165, 1.54) is 0 Å². The number of nitrogens with one attached hydrogen (secondary N) is 2. The first-order chi connectivity index (χ1) is 11.2. The minimum Gasteiger partial charge on any atom is -0.371 e. The predicted molar refractivity (Wildman–Crippen MR) is 97.9 cm³/mol. The molecular formula is C18H20Cl2N2O2. The van der Waals surface area contributed by atoms with Crippen molar-refractivity contribution in [2.24, 2.45) is 0 Å². The summed E-state index contributed by atoms with van der Waals surface area (Å²) in [7, 11) is 0. The number of carbonyl (C=O) groups excluding carboxylic acids is 1. The van der Waals surface area contributed by atoms with E-state index in [9.17, 15) is 4.79 Å². The van der Waals surface area contributed by atoms with E-state index < -0.39 is 0 Å². The molecule has 1 saturated heterocycles. The molecule has 3 rings (SSSR count). The third-order valence-electron chi connectivity index (χ3n) is 3.84. The average molecular weight is 367 g/mol. The van der Waals surface area contributed by atoms with Crippen LogP contribution in [-0.4, -0.2) is 25.6 Å². The van der Waals surface area contributed by atoms with Crippen LogP contribution < -0.4 is 10.6 Å². The van der Waals surface area contributed by atoms with Crippen molar-refractivity contribution in [3.63, 3.8) is 0 Å². The predicted octanol–water partition coefficient (Wildman–Crippen LogP) is 3.35. The summed E-state index contributed by atoms with van der Waals surface area (Å²) in [5.74, 6) is -0.106. The second-order valence-corrected chi connectivity index (χ2v) is 5.93. The van der Waals surface area contributed by atoms with E-state index in [0.29, 0.717) is 17.1 Å². The van der Waals surface area contributed by atoms with Gasteiger partial charge in [0.1, 0.15) is 0 Å². The van der Waals surface area contributed by atoms with E-state index in [2.05, 4.69) is 22.8 Å². The maximum atomic E-state index is 12.1. The molecule has 0 unspecified atom stereocenters. The lowest BCUT2D eigenvalue weighted by atomic mass is 10.1. The number of ether oxygens (including phenoxy) is 1. The van der Waals surface area contributed by atoms with Gasteiger partial charge in [0.05, 0.1) is 12.7 Å². The number of benzene rings is 2. The van der Waals surface area contributed by atoms with Gasteiger partial charge in [-0.2, -0.15) is 0 Å². The van der Waals surface area contributed by atoms with Crippen molar-refractivity contribution in [1.82, 2.24) is 10.6 Å². The third-order valence-corrected chi connectivity index (χ3v) is 4.09. The summed E-state index contributed by atoms with van der Waals surface area (Å²) in [5.41, 5.74) is 2.82. The Morgan fingerprint density at radius 1 is 1.17 bits per heavy atom. The van der Waals surface area contributed by atoms with Crippen LogP contribution in [0.25, 0.3) is 0 Å². The van der Waals surface area contributed by atoms with E-state index in [0.717, 1.165) is 30.8 Å². The second-order valence-electron chi connectivity index (χ2n) is 5.49. The van der Waals surface area contributed by atoms with E-state index in [1.807, 2.05) is 12.1 Å². The molecule has 6 heteroatoms. The topological polar surface area (TPSA) is 50.4 Å². The van der Waals surface area contributed by atoms with Gasteiger partial charge in [0.25, 0.3) is 5.91 Å². The molecule has 2 N–H and O–H groups in total. The van der Waals surface area contributed by atoms with Crippen molar-refractivity contribution < 1.29 is 9.53 Å². The molecule has 1 aliphatic rings. The summed E-state index contributed by atoms with van der Waals surface area (Å²) in [4.78, 5) is 12.1. The Morgan fingerprint density at radius 3 is 2.50 bits per heavy atom. The van der Waals surface area contributed by atoms with E-state index in [-0.39, 0.29) is 24.4 Å². The van der Waals surface area contributed by atoms with Crippen LogP contribution in [0.5, 0.6) is 0 Å². The molecular weight excluding hydrogens is 347 g/mol. The summed E-state index contributed by atoms with van der Waals surface area (Å²) in [6.07, 6.45) is 0.112. The van der Waals surface area contributed by atoms with Crippen molar-refractivity contribution in [3.05, 3.63) is 70.2 Å². The number of halogens is 2. The van der Waals surface area contributed by atoms with Gasteiger partial charge in [0.15, 0.2) is 0 Å². The maximum Gasteiger partial charge on any atom is 0.251 e. The molecule has 1 atom stereocenters. The molecule has 0 spiro atoms. The molecule has 0 aromatic heterocycles. The summed E-state index contributed by atoms with van der Waals surface area (Å²) in [6.45, 7) is 2.98. The number of amides is 1. The number of hydrogen-bond donors (Lipinski definition) is 2. The Balaban J connectivity index is 0.00000208. The van der Waals surface area contributed by atoms with Crippen LogP contribution in [0.1, 0.15) is 27.6 Å². The van der Waals surface area contributed by atoms with E-state index in [4.69, 9.17) is 16.3 Å². The number of hydrogen-bond acceptors (Lipinski definition) is 3. The Hall–Kier alpha value is -1.59. The van der Waals surface area contributed by atoms with Gasteiger partial charge in [-0.05, 0) is 35.4 Å². The van der Waals surface area contributed by atoms with Crippen molar-refractivity contribution >= 4 is 29.9 Å². The van der Waals surface area contributed by atoms with Crippen LogP contribution >= 0.6 is 24.0 Å². The van der Waals surface area contributed by atoms with Gasteiger partial charge in [0, 0.05) is 30.2 Å². The molecule has 4 nitrogen and oxygen atoms in total. The van der Waals surface area contributed by atoms with Crippen molar-refractivity contribution in [1.29, 1.82) is 0 Å². The van der Waals surface area contributed by atoms with Crippen molar-refractivity contribution in [3.8, 4) is 0 Å². The summed E-state index contributed by atoms with van der Waals surface area (Å²) in [5, 5.41) is 6.85. The van der Waals surface area contributed by atoms with Crippen LogP contribution in [0.3, 0.4) is 0 Å². The smallest absolute Gasteiger partial charge is 0.251 e. The van der Waals surface area contributed by atoms with E-state index >= 15 is 0 Å². The van der Waals surface area contributed by atoms with E-state index in [1.54, 1.807) is 24.3 Å². The van der Waals surface area contributed by atoms with Gasteiger partial charge in [-0.25, -0.2) is 0 Å². The summed E-state index contributed by atoms with van der Waals surface area (Å²) >= 11 is 5.82. The molecule has 1 heterocycles. The van der Waals surface area contributed by atoms with Crippen molar-refractivity contribution in [2.75, 3.05) is 19.7 Å². The van der Waals surface area contributed by atoms with Crippen LogP contribution in [0.2, 0.25) is 5.02 Å². The zero-order chi connectivity index (χ0) is 16.1. The Bertz CT molecular complexity index is 654. The fraction of sp³-hybridized carbons (Fsp3) is 0.278. The maximum absolute atomic E-state index is 12.1. The first kappa shape index (κ1) is 18.7. The Kier molecular flexibility index (Phi) is 7.06. The highest BCUT2D eigenvalue weighted by atomic mass is 35.5. The Morgan fingerprint density at radius 2 is 1.88 bits per heavy atom. The van der Waals surface area contributed by atoms with Crippen LogP contribution in [0.4, 0.5) is 0 Å². The van der Waals surface area contributed by atoms with Gasteiger partial charge in [-0.15, -0.1) is 12.4 Å². The molecule has 1 amide bonds. The number of rotatable bonds is 4. The SMILES string of the molecule is Cl.O=C(NCc1ccc([C@H]2CNCCO2)cc1)c1ccc(Cl)cc1. The van der Waals surface area contributed by atoms with Gasteiger partial charge in [-0.3, -0.25) is 4.79 Å². The first-order valence-electron chi connectivity index (χ1n) is 7.67. The minimum absolute atomic E-state index is 0. The number of morpholine rings is 1. The molecule has 0 bridgehead atoms. The molecule has 1 aliphatic heterocycles. The Labute approximate surface area is 153 Å². The highest BCUT2D eigenvalue weighted by molar-refractivity contribution is 6.30. The molecule has 2 aromatic carbocycles. The minimum atomic E-state index is -0.106. The lowest BCUT2D eigenvalue weighted by Gasteiger charge is -2.24. The van der Waals surface area contributed by atoms with Gasteiger partial charge >= 0.3 is 0 Å². The van der Waals surface area contributed by atoms with Gasteiger partial charge in [-0.1, -0.05) is 35.9 Å². The second kappa shape index (κ2) is 9.04. The average Bonchev–Trinajstić information content (AvgIpc) is 2.61. The fourth-order valence-electron chi connectivity index (χ4n) is 2.52. The van der Waals surface area contributed by atoms with Crippen LogP contribution in [0.15, 0.2) is 48.5 Å². The van der Waals surface area contributed by atoms with Gasteiger partial charge < -0.3 is 15.4 Å². The zero-order valence-corrected chi connectivity index (χ0v) is 14.7. The van der Waals surface area contributed by atoms with Crippen LogP contribution in [0, 0.1) is 0 Å². The quantitative estimate of drug-likeness (QED) is 0.872. The van der Waals surface area contributed by atoms with Crippen molar-refractivity contribution in [2.45, 2.75) is 12.6 Å². The monoisotopic (exact) mass is 366 g/mol. The zero-order valence-electron chi connectivity index (χ0n) is 13.1. The first-order valence-corrected chi connectivity index (χ1v) is 8.05. The molecule has 128 valence electrons. The highest BCUT2D eigenvalue weighted by Crippen LogP contribution is 2.19. The van der Waals surface area contributed by atoms with Gasteiger partial charge in [0.2, 0.25) is 0 Å². The largest absolute Gasteiger partial charge is 0.371 e. The molecule has 2 aromatic rings. The summed E-state index contributed by atoms with van der Waals surface area (Å²) in [6, 6.07) is 15.0. The molecule has 24 heavy (non-hydrogen) atoms. The summed E-state index contributed by atoms with van der Waals surface area (Å²) < 4.78 is 5.73. The molecule has 1 fully saturated rings. The standard InChI is InChI=1S/C18H19ClN2O2.ClH/c19-16-7-5-15(6-8-16)18(22)21-11-13-1-3-14(4-2-13)17-12-20-9-10-23-17;/h1-8,17,20H,9-12H2,(H,21,22);1H/t17-;/m1./s1. The fourth-order valence-corrected chi connectivity index (χ4v) is 2.64. The van der Waals surface area contributed by atoms with Crippen LogP contribution in [-0.2, 0) is 11.3 Å². The molecule has 0 radical (unpaired) electrons. The lowest BCUT2D eigenvalue weighted by Crippen LogP contribution is -2.33. The molecule has 0 aliphatic carbocycles. The highest BCUT2D eigenvalue weighted by Gasteiger charge is 2.15. The lowest BCUT2D eigenvalue weighted by molar-refractivity contribution is 0.0277. The third kappa shape index (κ3) is 4.95.